The van der Waals surface area contributed by atoms with Crippen LogP contribution < -0.4 is 5.32 Å². The van der Waals surface area contributed by atoms with Gasteiger partial charge in [0, 0.05) is 0 Å². The number of halogens is 3. The van der Waals surface area contributed by atoms with Gasteiger partial charge in [-0.25, -0.2) is 0 Å². The van der Waals surface area contributed by atoms with E-state index >= 15 is 0 Å². The highest BCUT2D eigenvalue weighted by Gasteiger charge is 2.30. The van der Waals surface area contributed by atoms with E-state index in [9.17, 15) is 13.2 Å². The minimum Gasteiger partial charge on any atom is -0.306 e. The highest BCUT2D eigenvalue weighted by atomic mass is 32.1. The molecule has 1 nitrogen and oxygen atoms in total. The Labute approximate surface area is 120 Å². The van der Waals surface area contributed by atoms with Gasteiger partial charge in [0.05, 0.1) is 11.6 Å². The van der Waals surface area contributed by atoms with Gasteiger partial charge < -0.3 is 5.32 Å². The summed E-state index contributed by atoms with van der Waals surface area (Å²) in [6.45, 7) is 2.88. The van der Waals surface area contributed by atoms with Crippen molar-refractivity contribution < 1.29 is 13.2 Å². The molecule has 1 unspecified atom stereocenters. The Bertz CT molecular complexity index is 517. The van der Waals surface area contributed by atoms with Gasteiger partial charge in [-0.3, -0.25) is 0 Å². The maximum atomic E-state index is 12.6. The number of nitrogens with one attached hydrogen (secondary N) is 1. The van der Waals surface area contributed by atoms with Gasteiger partial charge in [0.2, 0.25) is 0 Å². The normalized spacial score (nSPS) is 13.4. The van der Waals surface area contributed by atoms with Crippen LogP contribution in [-0.4, -0.2) is 6.54 Å². The highest BCUT2D eigenvalue weighted by molar-refractivity contribution is 7.08. The Morgan fingerprint density at radius 3 is 2.30 bits per heavy atom. The van der Waals surface area contributed by atoms with E-state index in [1.54, 1.807) is 23.5 Å². The van der Waals surface area contributed by atoms with Gasteiger partial charge in [0.15, 0.2) is 0 Å². The number of hydrogen-bond donors (Lipinski definition) is 1. The van der Waals surface area contributed by atoms with E-state index in [4.69, 9.17) is 0 Å². The van der Waals surface area contributed by atoms with E-state index in [0.29, 0.717) is 0 Å². The summed E-state index contributed by atoms with van der Waals surface area (Å²) in [6.07, 6.45) is -3.31. The summed E-state index contributed by atoms with van der Waals surface area (Å²) in [6, 6.07) is 7.32. The Morgan fingerprint density at radius 1 is 1.10 bits per heavy atom. The minimum absolute atomic E-state index is 0.0523. The average Bonchev–Trinajstić information content (AvgIpc) is 2.93. The monoisotopic (exact) mass is 299 g/mol. The lowest BCUT2D eigenvalue weighted by Gasteiger charge is -2.19. The fourth-order valence-corrected chi connectivity index (χ4v) is 2.71. The molecule has 0 bridgehead atoms. The molecule has 0 aliphatic rings. The van der Waals surface area contributed by atoms with Crippen LogP contribution in [0.5, 0.6) is 0 Å². The van der Waals surface area contributed by atoms with Crippen LogP contribution in [0.2, 0.25) is 0 Å². The Hall–Kier alpha value is -1.33. The first-order valence-electron chi connectivity index (χ1n) is 6.45. The first kappa shape index (κ1) is 15.1. The maximum absolute atomic E-state index is 12.6. The molecule has 0 radical (unpaired) electrons. The maximum Gasteiger partial charge on any atom is 0.416 e. The lowest BCUT2D eigenvalue weighted by molar-refractivity contribution is -0.137. The minimum atomic E-state index is -4.28. The molecule has 1 N–H and O–H groups in total. The summed E-state index contributed by atoms with van der Waals surface area (Å²) >= 11 is 1.58. The summed E-state index contributed by atoms with van der Waals surface area (Å²) < 4.78 is 37.7. The van der Waals surface area contributed by atoms with Crippen LogP contribution >= 0.6 is 11.3 Å². The first-order chi connectivity index (χ1) is 9.52. The second-order valence-corrected chi connectivity index (χ2v) is 5.34. The summed E-state index contributed by atoms with van der Waals surface area (Å²) in [7, 11) is 0. The molecule has 1 aromatic carbocycles. The molecule has 5 heteroatoms. The quantitative estimate of drug-likeness (QED) is 0.831. The standard InChI is InChI=1S/C15H16F3NS/c1-2-8-19-14(12-7-9-20-10-12)11-3-5-13(6-4-11)15(16,17)18/h3-7,9-10,14,19H,2,8H2,1H3. The van der Waals surface area contributed by atoms with Crippen molar-refractivity contribution in [1.29, 1.82) is 0 Å². The number of hydrogen-bond acceptors (Lipinski definition) is 2. The van der Waals surface area contributed by atoms with E-state index in [1.165, 1.54) is 0 Å². The van der Waals surface area contributed by atoms with E-state index < -0.39 is 11.7 Å². The largest absolute Gasteiger partial charge is 0.416 e. The molecule has 0 saturated carbocycles. The van der Waals surface area contributed by atoms with Crippen LogP contribution in [0.1, 0.15) is 36.1 Å². The van der Waals surface area contributed by atoms with Crippen LogP contribution in [0, 0.1) is 0 Å². The van der Waals surface area contributed by atoms with Crippen LogP contribution in [0.3, 0.4) is 0 Å². The van der Waals surface area contributed by atoms with E-state index in [0.717, 1.165) is 36.2 Å². The van der Waals surface area contributed by atoms with Gasteiger partial charge in [-0.05, 0) is 53.1 Å². The number of thiophene rings is 1. The molecule has 2 aromatic rings. The predicted octanol–water partition coefficient (Wildman–Crippen LogP) is 4.86. The number of alkyl halides is 3. The van der Waals surface area contributed by atoms with Crippen molar-refractivity contribution in [2.45, 2.75) is 25.6 Å². The fraction of sp³-hybridized carbons (Fsp3) is 0.333. The van der Waals surface area contributed by atoms with Gasteiger partial charge in [0.1, 0.15) is 0 Å². The molecule has 108 valence electrons. The van der Waals surface area contributed by atoms with Crippen molar-refractivity contribution in [2.24, 2.45) is 0 Å². The van der Waals surface area contributed by atoms with E-state index in [1.807, 2.05) is 16.8 Å². The third-order valence-electron chi connectivity index (χ3n) is 3.05. The highest BCUT2D eigenvalue weighted by Crippen LogP contribution is 2.31. The first-order valence-corrected chi connectivity index (χ1v) is 7.39. The van der Waals surface area contributed by atoms with Gasteiger partial charge in [-0.15, -0.1) is 0 Å². The Balaban J connectivity index is 2.25. The smallest absolute Gasteiger partial charge is 0.306 e. The van der Waals surface area contributed by atoms with Crippen molar-refractivity contribution >= 4 is 11.3 Å². The van der Waals surface area contributed by atoms with Crippen molar-refractivity contribution in [2.75, 3.05) is 6.54 Å². The summed E-state index contributed by atoms with van der Waals surface area (Å²) in [5.74, 6) is 0. The van der Waals surface area contributed by atoms with E-state index in [2.05, 4.69) is 12.2 Å². The molecule has 20 heavy (non-hydrogen) atoms. The molecular formula is C15H16F3NS. The Kier molecular flexibility index (Phi) is 4.83. The lowest BCUT2D eigenvalue weighted by atomic mass is 9.99. The zero-order chi connectivity index (χ0) is 14.6. The molecule has 0 saturated heterocycles. The topological polar surface area (TPSA) is 12.0 Å². The third-order valence-corrected chi connectivity index (χ3v) is 3.75. The van der Waals surface area contributed by atoms with Crippen molar-refractivity contribution in [3.8, 4) is 0 Å². The number of benzene rings is 1. The Morgan fingerprint density at radius 2 is 1.80 bits per heavy atom. The molecule has 0 spiro atoms. The molecule has 0 aliphatic heterocycles. The third kappa shape index (κ3) is 3.61. The molecule has 1 atom stereocenters. The molecular weight excluding hydrogens is 283 g/mol. The van der Waals surface area contributed by atoms with Crippen LogP contribution in [0.4, 0.5) is 13.2 Å². The zero-order valence-electron chi connectivity index (χ0n) is 11.1. The van der Waals surface area contributed by atoms with Gasteiger partial charge in [0.25, 0.3) is 0 Å². The zero-order valence-corrected chi connectivity index (χ0v) is 11.9. The molecule has 2 rings (SSSR count). The van der Waals surface area contributed by atoms with Crippen LogP contribution in [0.15, 0.2) is 41.1 Å². The van der Waals surface area contributed by atoms with Gasteiger partial charge >= 0.3 is 6.18 Å². The van der Waals surface area contributed by atoms with Crippen molar-refractivity contribution in [1.82, 2.24) is 5.32 Å². The number of rotatable bonds is 5. The van der Waals surface area contributed by atoms with Gasteiger partial charge in [-0.1, -0.05) is 19.1 Å². The average molecular weight is 299 g/mol. The second-order valence-electron chi connectivity index (χ2n) is 4.56. The molecule has 1 aromatic heterocycles. The fourth-order valence-electron chi connectivity index (χ4n) is 2.02. The summed E-state index contributed by atoms with van der Waals surface area (Å²) in [5.41, 5.74) is 1.33. The SMILES string of the molecule is CCCNC(c1ccc(C(F)(F)F)cc1)c1ccsc1. The van der Waals surface area contributed by atoms with Crippen molar-refractivity contribution in [3.63, 3.8) is 0 Å². The lowest BCUT2D eigenvalue weighted by Crippen LogP contribution is -2.22. The summed E-state index contributed by atoms with van der Waals surface area (Å²) in [4.78, 5) is 0. The van der Waals surface area contributed by atoms with Crippen LogP contribution in [-0.2, 0) is 6.18 Å². The predicted molar refractivity (Wildman–Crippen MR) is 75.9 cm³/mol. The van der Waals surface area contributed by atoms with Crippen LogP contribution in [0.25, 0.3) is 0 Å². The molecule has 0 aliphatic carbocycles. The second kappa shape index (κ2) is 6.41. The van der Waals surface area contributed by atoms with Gasteiger partial charge in [-0.2, -0.15) is 24.5 Å². The molecule has 1 heterocycles. The molecule has 0 fully saturated rings. The van der Waals surface area contributed by atoms with E-state index in [-0.39, 0.29) is 6.04 Å². The molecule has 0 amide bonds. The summed E-state index contributed by atoms with van der Waals surface area (Å²) in [5, 5.41) is 7.36. The van der Waals surface area contributed by atoms with Crippen molar-refractivity contribution in [3.05, 3.63) is 57.8 Å².